The smallest absolute Gasteiger partial charge is 0.258 e. The summed E-state index contributed by atoms with van der Waals surface area (Å²) in [6, 6.07) is 15.3. The van der Waals surface area contributed by atoms with E-state index in [4.69, 9.17) is 9.47 Å². The van der Waals surface area contributed by atoms with E-state index in [2.05, 4.69) is 31.6 Å². The first-order valence-corrected chi connectivity index (χ1v) is 10.8. The third kappa shape index (κ3) is 5.46. The van der Waals surface area contributed by atoms with E-state index in [1.807, 2.05) is 54.7 Å². The zero-order valence-corrected chi connectivity index (χ0v) is 18.0. The van der Waals surface area contributed by atoms with Gasteiger partial charge in [-0.3, -0.25) is 4.79 Å². The number of aromatic nitrogens is 3. The summed E-state index contributed by atoms with van der Waals surface area (Å²) in [7, 11) is 0. The van der Waals surface area contributed by atoms with Crippen LogP contribution < -0.4 is 10.1 Å². The molecule has 0 saturated carbocycles. The highest BCUT2D eigenvalue weighted by molar-refractivity contribution is 9.10. The van der Waals surface area contributed by atoms with Crippen LogP contribution in [-0.4, -0.2) is 46.8 Å². The van der Waals surface area contributed by atoms with Gasteiger partial charge in [0.25, 0.3) is 5.91 Å². The number of nitrogens with zero attached hydrogens (tertiary/aromatic N) is 3. The Morgan fingerprint density at radius 3 is 2.70 bits per heavy atom. The lowest BCUT2D eigenvalue weighted by atomic mass is 10.1. The lowest BCUT2D eigenvalue weighted by Crippen LogP contribution is -2.37. The van der Waals surface area contributed by atoms with Gasteiger partial charge in [0, 0.05) is 23.2 Å². The third-order valence-electron chi connectivity index (χ3n) is 4.91. The standard InChI is InChI=1S/C22H23BrN4O3/c23-17-6-4-16(5-7-17)21-14-27(26-25-21)18-8-10-19(11-9-18)30-15-22(28)24-13-20-3-1-2-12-29-20/h4-11,14,20H,1-3,12-13,15H2,(H,24,28). The molecule has 0 bridgehead atoms. The maximum atomic E-state index is 12.0. The monoisotopic (exact) mass is 470 g/mol. The molecule has 1 aliphatic heterocycles. The molecule has 1 fully saturated rings. The van der Waals surface area contributed by atoms with Crippen molar-refractivity contribution in [3.05, 3.63) is 59.2 Å². The highest BCUT2D eigenvalue weighted by Gasteiger charge is 2.14. The van der Waals surface area contributed by atoms with Crippen LogP contribution in [0.3, 0.4) is 0 Å². The molecule has 1 unspecified atom stereocenters. The van der Waals surface area contributed by atoms with Gasteiger partial charge in [-0.15, -0.1) is 5.10 Å². The van der Waals surface area contributed by atoms with Crippen LogP contribution in [0.2, 0.25) is 0 Å². The molecule has 4 rings (SSSR count). The minimum absolute atomic E-state index is 0.0247. The second kappa shape index (κ2) is 9.86. The molecule has 2 heterocycles. The average Bonchev–Trinajstić information content (AvgIpc) is 3.28. The summed E-state index contributed by atoms with van der Waals surface area (Å²) in [5.74, 6) is 0.472. The summed E-state index contributed by atoms with van der Waals surface area (Å²) in [5, 5.41) is 11.3. The van der Waals surface area contributed by atoms with E-state index in [9.17, 15) is 4.79 Å². The Balaban J connectivity index is 1.28. The highest BCUT2D eigenvalue weighted by Crippen LogP contribution is 2.21. The molecule has 1 N–H and O–H groups in total. The van der Waals surface area contributed by atoms with E-state index < -0.39 is 0 Å². The Morgan fingerprint density at radius 2 is 1.97 bits per heavy atom. The molecule has 7 nitrogen and oxygen atoms in total. The van der Waals surface area contributed by atoms with Gasteiger partial charge in [0.05, 0.1) is 18.0 Å². The largest absolute Gasteiger partial charge is 0.484 e. The average molecular weight is 471 g/mol. The molecule has 30 heavy (non-hydrogen) atoms. The van der Waals surface area contributed by atoms with E-state index >= 15 is 0 Å². The van der Waals surface area contributed by atoms with Gasteiger partial charge in [0.15, 0.2) is 6.61 Å². The van der Waals surface area contributed by atoms with Crippen LogP contribution in [0.5, 0.6) is 5.75 Å². The van der Waals surface area contributed by atoms with Crippen molar-refractivity contribution in [2.75, 3.05) is 19.8 Å². The Hall–Kier alpha value is -2.71. The number of amides is 1. The first kappa shape index (κ1) is 20.6. The zero-order chi connectivity index (χ0) is 20.8. The highest BCUT2D eigenvalue weighted by atomic mass is 79.9. The quantitative estimate of drug-likeness (QED) is 0.568. The summed E-state index contributed by atoms with van der Waals surface area (Å²) in [5.41, 5.74) is 2.65. The Labute approximate surface area is 183 Å². The van der Waals surface area contributed by atoms with Crippen LogP contribution in [0.15, 0.2) is 59.2 Å². The molecule has 1 aliphatic rings. The normalized spacial score (nSPS) is 16.2. The molecule has 2 aromatic carbocycles. The van der Waals surface area contributed by atoms with Crippen LogP contribution in [0.1, 0.15) is 19.3 Å². The van der Waals surface area contributed by atoms with Crippen molar-refractivity contribution < 1.29 is 14.3 Å². The van der Waals surface area contributed by atoms with E-state index in [0.717, 1.165) is 47.3 Å². The minimum Gasteiger partial charge on any atom is -0.484 e. The molecule has 0 radical (unpaired) electrons. The van der Waals surface area contributed by atoms with E-state index in [0.29, 0.717) is 12.3 Å². The molecule has 1 amide bonds. The SMILES string of the molecule is O=C(COc1ccc(-n2cc(-c3ccc(Br)cc3)nn2)cc1)NCC1CCCCO1. The summed E-state index contributed by atoms with van der Waals surface area (Å²) < 4.78 is 13.9. The van der Waals surface area contributed by atoms with Crippen LogP contribution >= 0.6 is 15.9 Å². The van der Waals surface area contributed by atoms with Crippen molar-refractivity contribution in [3.8, 4) is 22.7 Å². The molecular formula is C22H23BrN4O3. The van der Waals surface area contributed by atoms with Crippen LogP contribution in [-0.2, 0) is 9.53 Å². The fraction of sp³-hybridized carbons (Fsp3) is 0.318. The van der Waals surface area contributed by atoms with Crippen molar-refractivity contribution in [2.24, 2.45) is 0 Å². The number of nitrogens with one attached hydrogen (secondary N) is 1. The lowest BCUT2D eigenvalue weighted by molar-refractivity contribution is -0.124. The fourth-order valence-electron chi connectivity index (χ4n) is 3.23. The molecule has 8 heteroatoms. The molecule has 1 atom stereocenters. The number of hydrogen-bond acceptors (Lipinski definition) is 5. The van der Waals surface area contributed by atoms with Crippen molar-refractivity contribution in [2.45, 2.75) is 25.4 Å². The Kier molecular flexibility index (Phi) is 6.76. The molecule has 1 saturated heterocycles. The van der Waals surface area contributed by atoms with Gasteiger partial charge in [-0.2, -0.15) is 0 Å². The maximum absolute atomic E-state index is 12.0. The molecule has 1 aromatic heterocycles. The maximum Gasteiger partial charge on any atom is 0.258 e. The van der Waals surface area contributed by atoms with Gasteiger partial charge in [-0.1, -0.05) is 33.3 Å². The molecule has 0 aliphatic carbocycles. The number of carbonyl (C=O) groups is 1. The van der Waals surface area contributed by atoms with Crippen LogP contribution in [0, 0.1) is 0 Å². The molecular weight excluding hydrogens is 448 g/mol. The number of carbonyl (C=O) groups excluding carboxylic acids is 1. The zero-order valence-electron chi connectivity index (χ0n) is 16.5. The van der Waals surface area contributed by atoms with Gasteiger partial charge >= 0.3 is 0 Å². The van der Waals surface area contributed by atoms with E-state index in [1.54, 1.807) is 4.68 Å². The second-order valence-electron chi connectivity index (χ2n) is 7.13. The molecule has 156 valence electrons. The van der Waals surface area contributed by atoms with Crippen molar-refractivity contribution in [1.82, 2.24) is 20.3 Å². The number of benzene rings is 2. The van der Waals surface area contributed by atoms with Gasteiger partial charge in [0.1, 0.15) is 11.4 Å². The minimum atomic E-state index is -0.149. The summed E-state index contributed by atoms with van der Waals surface area (Å²) in [6.45, 7) is 1.29. The third-order valence-corrected chi connectivity index (χ3v) is 5.43. The van der Waals surface area contributed by atoms with E-state index in [1.165, 1.54) is 0 Å². The Morgan fingerprint density at radius 1 is 1.17 bits per heavy atom. The molecule has 3 aromatic rings. The summed E-state index contributed by atoms with van der Waals surface area (Å²) >= 11 is 3.43. The van der Waals surface area contributed by atoms with E-state index in [-0.39, 0.29) is 18.6 Å². The predicted octanol–water partition coefficient (Wildman–Crippen LogP) is 3.76. The predicted molar refractivity (Wildman–Crippen MR) is 117 cm³/mol. The number of rotatable bonds is 7. The summed E-state index contributed by atoms with van der Waals surface area (Å²) in [4.78, 5) is 12.0. The van der Waals surface area contributed by atoms with Crippen molar-refractivity contribution in [3.63, 3.8) is 0 Å². The van der Waals surface area contributed by atoms with Gasteiger partial charge in [-0.25, -0.2) is 4.68 Å². The van der Waals surface area contributed by atoms with Gasteiger partial charge in [-0.05, 0) is 55.7 Å². The first-order valence-electron chi connectivity index (χ1n) is 9.97. The van der Waals surface area contributed by atoms with Crippen molar-refractivity contribution in [1.29, 1.82) is 0 Å². The number of hydrogen-bond donors (Lipinski definition) is 1. The van der Waals surface area contributed by atoms with Gasteiger partial charge < -0.3 is 14.8 Å². The fourth-order valence-corrected chi connectivity index (χ4v) is 3.50. The first-order chi connectivity index (χ1) is 14.7. The van der Waals surface area contributed by atoms with Crippen molar-refractivity contribution >= 4 is 21.8 Å². The lowest BCUT2D eigenvalue weighted by Gasteiger charge is -2.22. The Bertz CT molecular complexity index is 967. The second-order valence-corrected chi connectivity index (χ2v) is 8.05. The van der Waals surface area contributed by atoms with Crippen LogP contribution in [0.4, 0.5) is 0 Å². The summed E-state index contributed by atoms with van der Waals surface area (Å²) in [6.07, 6.45) is 5.24. The number of halogens is 1. The number of ether oxygens (including phenoxy) is 2. The molecule has 0 spiro atoms. The topological polar surface area (TPSA) is 78.3 Å². The van der Waals surface area contributed by atoms with Crippen LogP contribution in [0.25, 0.3) is 16.9 Å². The van der Waals surface area contributed by atoms with Gasteiger partial charge in [0.2, 0.25) is 0 Å².